The fourth-order valence-electron chi connectivity index (χ4n) is 4.38. The van der Waals surface area contributed by atoms with Gasteiger partial charge in [-0.05, 0) is 13.0 Å². The number of anilines is 1. The number of fused-ring (bicyclic) bond motifs is 1. The summed E-state index contributed by atoms with van der Waals surface area (Å²) in [6.45, 7) is 4.38. The van der Waals surface area contributed by atoms with Gasteiger partial charge in [-0.2, -0.15) is 0 Å². The number of H-pyrrole nitrogens is 1. The summed E-state index contributed by atoms with van der Waals surface area (Å²) in [5, 5.41) is 0. The van der Waals surface area contributed by atoms with E-state index in [1.54, 1.807) is 12.0 Å². The van der Waals surface area contributed by atoms with Crippen LogP contribution in [0.5, 0.6) is 11.8 Å². The second kappa shape index (κ2) is 9.08. The number of amides is 1. The molecule has 0 spiro atoms. The number of aryl methyl sites for hydroxylation is 1. The third-order valence-corrected chi connectivity index (χ3v) is 6.17. The summed E-state index contributed by atoms with van der Waals surface area (Å²) in [6, 6.07) is 2.06. The van der Waals surface area contributed by atoms with Gasteiger partial charge in [0.1, 0.15) is 12.4 Å². The number of aromatic nitrogens is 5. The summed E-state index contributed by atoms with van der Waals surface area (Å²) in [5.41, 5.74) is 3.77. The number of ether oxygens (including phenoxy) is 2. The van der Waals surface area contributed by atoms with E-state index in [2.05, 4.69) is 35.9 Å². The summed E-state index contributed by atoms with van der Waals surface area (Å²) in [4.78, 5) is 47.2. The normalized spacial score (nSPS) is 17.4. The predicted molar refractivity (Wildman–Crippen MR) is 122 cm³/mol. The van der Waals surface area contributed by atoms with Gasteiger partial charge in [0.15, 0.2) is 0 Å². The van der Waals surface area contributed by atoms with Crippen molar-refractivity contribution in [2.24, 2.45) is 0 Å². The number of hydrogen-bond donors (Lipinski definition) is 1. The molecule has 34 heavy (non-hydrogen) atoms. The second-order valence-corrected chi connectivity index (χ2v) is 8.38. The SMILES string of the molecule is COc1ncc(N2CCc3ncnc(OC4CCN(C(=O)c5cnc(=O)[nH]c5)C4)c3C2)cc1C. The molecule has 0 bridgehead atoms. The van der Waals surface area contributed by atoms with Crippen molar-refractivity contribution in [2.45, 2.75) is 32.4 Å². The monoisotopic (exact) mass is 463 g/mol. The number of nitrogens with one attached hydrogen (secondary N) is 1. The van der Waals surface area contributed by atoms with Crippen LogP contribution in [0.25, 0.3) is 0 Å². The molecule has 1 N–H and O–H groups in total. The summed E-state index contributed by atoms with van der Waals surface area (Å²) in [5.74, 6) is 0.984. The highest BCUT2D eigenvalue weighted by molar-refractivity contribution is 5.93. The highest BCUT2D eigenvalue weighted by Crippen LogP contribution is 2.31. The first kappa shape index (κ1) is 21.8. The summed E-state index contributed by atoms with van der Waals surface area (Å²) in [7, 11) is 1.61. The molecular weight excluding hydrogens is 438 g/mol. The van der Waals surface area contributed by atoms with Gasteiger partial charge in [0.25, 0.3) is 5.91 Å². The minimum Gasteiger partial charge on any atom is -0.481 e. The molecule has 0 radical (unpaired) electrons. The molecule has 2 aliphatic rings. The Hall–Kier alpha value is -4.02. The molecule has 5 heterocycles. The zero-order valence-corrected chi connectivity index (χ0v) is 19.0. The van der Waals surface area contributed by atoms with E-state index in [1.807, 2.05) is 13.1 Å². The standard InChI is InChI=1S/C23H25N7O4/c1-14-7-16(10-24-20(14)33-2)29-6-4-19-18(12-29)21(28-13-27-19)34-17-3-5-30(11-17)22(31)15-8-25-23(32)26-9-15/h7-10,13,17H,3-6,11-12H2,1-2H3,(H,25,26,32). The number of carbonyl (C=O) groups is 1. The minimum atomic E-state index is -0.484. The maximum atomic E-state index is 12.7. The first-order valence-corrected chi connectivity index (χ1v) is 11.1. The van der Waals surface area contributed by atoms with E-state index < -0.39 is 5.69 Å². The molecule has 3 aromatic heterocycles. The Morgan fingerprint density at radius 2 is 2.03 bits per heavy atom. The Morgan fingerprint density at radius 3 is 2.79 bits per heavy atom. The van der Waals surface area contributed by atoms with E-state index >= 15 is 0 Å². The van der Waals surface area contributed by atoms with Crippen LogP contribution in [0.15, 0.2) is 35.8 Å². The minimum absolute atomic E-state index is 0.182. The molecule has 176 valence electrons. The Balaban J connectivity index is 1.29. The summed E-state index contributed by atoms with van der Waals surface area (Å²) in [6.07, 6.45) is 7.30. The average molecular weight is 463 g/mol. The van der Waals surface area contributed by atoms with Crippen LogP contribution in [0.4, 0.5) is 5.69 Å². The second-order valence-electron chi connectivity index (χ2n) is 8.38. The molecule has 1 saturated heterocycles. The van der Waals surface area contributed by atoms with Gasteiger partial charge < -0.3 is 24.3 Å². The summed E-state index contributed by atoms with van der Waals surface area (Å²) < 4.78 is 11.6. The van der Waals surface area contributed by atoms with Gasteiger partial charge in [-0.25, -0.2) is 24.7 Å². The van der Waals surface area contributed by atoms with Crippen molar-refractivity contribution < 1.29 is 14.3 Å². The molecule has 1 fully saturated rings. The van der Waals surface area contributed by atoms with Gasteiger partial charge in [-0.1, -0.05) is 0 Å². The number of carbonyl (C=O) groups excluding carboxylic acids is 1. The van der Waals surface area contributed by atoms with E-state index in [9.17, 15) is 9.59 Å². The van der Waals surface area contributed by atoms with E-state index in [-0.39, 0.29) is 12.0 Å². The Bertz CT molecular complexity index is 1260. The summed E-state index contributed by atoms with van der Waals surface area (Å²) >= 11 is 0. The topological polar surface area (TPSA) is 126 Å². The maximum Gasteiger partial charge on any atom is 0.344 e. The van der Waals surface area contributed by atoms with Crippen molar-refractivity contribution in [3.8, 4) is 11.8 Å². The number of likely N-dealkylation sites (tertiary alicyclic amines) is 1. The van der Waals surface area contributed by atoms with Crippen molar-refractivity contribution in [1.29, 1.82) is 0 Å². The fraction of sp³-hybridized carbons (Fsp3) is 0.391. The predicted octanol–water partition coefficient (Wildman–Crippen LogP) is 1.13. The van der Waals surface area contributed by atoms with Crippen LogP contribution in [0.1, 0.15) is 33.6 Å². The molecule has 1 amide bonds. The van der Waals surface area contributed by atoms with Gasteiger partial charge in [0.05, 0.1) is 48.9 Å². The quantitative estimate of drug-likeness (QED) is 0.592. The Labute approximate surface area is 195 Å². The zero-order valence-electron chi connectivity index (χ0n) is 19.0. The van der Waals surface area contributed by atoms with Crippen LogP contribution in [-0.4, -0.2) is 68.6 Å². The van der Waals surface area contributed by atoms with Crippen molar-refractivity contribution in [3.05, 3.63) is 63.9 Å². The molecular formula is C23H25N7O4. The molecule has 2 aliphatic heterocycles. The van der Waals surface area contributed by atoms with Crippen molar-refractivity contribution in [2.75, 3.05) is 31.6 Å². The molecule has 11 nitrogen and oxygen atoms in total. The largest absolute Gasteiger partial charge is 0.481 e. The van der Waals surface area contributed by atoms with E-state index in [0.717, 1.165) is 35.5 Å². The highest BCUT2D eigenvalue weighted by Gasteiger charge is 2.31. The lowest BCUT2D eigenvalue weighted by Gasteiger charge is -2.31. The first-order valence-electron chi connectivity index (χ1n) is 11.1. The molecule has 1 atom stereocenters. The van der Waals surface area contributed by atoms with Crippen LogP contribution in [-0.2, 0) is 13.0 Å². The molecule has 5 rings (SSSR count). The fourth-order valence-corrected chi connectivity index (χ4v) is 4.38. The Kier molecular flexibility index (Phi) is 5.83. The molecule has 0 aromatic carbocycles. The smallest absolute Gasteiger partial charge is 0.344 e. The molecule has 1 unspecified atom stereocenters. The Morgan fingerprint density at radius 1 is 1.15 bits per heavy atom. The highest BCUT2D eigenvalue weighted by atomic mass is 16.5. The number of hydrogen-bond acceptors (Lipinski definition) is 9. The maximum absolute atomic E-state index is 12.7. The van der Waals surface area contributed by atoms with Gasteiger partial charge in [-0.15, -0.1) is 0 Å². The van der Waals surface area contributed by atoms with Crippen molar-refractivity contribution in [1.82, 2.24) is 29.8 Å². The first-order chi connectivity index (χ1) is 16.5. The number of aromatic amines is 1. The van der Waals surface area contributed by atoms with Crippen LogP contribution >= 0.6 is 0 Å². The van der Waals surface area contributed by atoms with Crippen molar-refractivity contribution in [3.63, 3.8) is 0 Å². The van der Waals surface area contributed by atoms with Gasteiger partial charge in [-0.3, -0.25) is 4.79 Å². The van der Waals surface area contributed by atoms with E-state index in [0.29, 0.717) is 43.4 Å². The molecule has 3 aromatic rings. The third-order valence-electron chi connectivity index (χ3n) is 6.17. The van der Waals surface area contributed by atoms with Crippen LogP contribution in [0, 0.1) is 6.92 Å². The number of nitrogens with zero attached hydrogens (tertiary/aromatic N) is 6. The number of rotatable bonds is 5. The zero-order chi connectivity index (χ0) is 23.7. The van der Waals surface area contributed by atoms with Gasteiger partial charge in [0.2, 0.25) is 11.8 Å². The van der Waals surface area contributed by atoms with Crippen LogP contribution in [0.3, 0.4) is 0 Å². The molecule has 0 aliphatic carbocycles. The third kappa shape index (κ3) is 4.28. The molecule has 11 heteroatoms. The average Bonchev–Trinajstić information content (AvgIpc) is 3.32. The lowest BCUT2D eigenvalue weighted by atomic mass is 10.1. The van der Waals surface area contributed by atoms with Gasteiger partial charge in [0, 0.05) is 43.9 Å². The van der Waals surface area contributed by atoms with Crippen molar-refractivity contribution >= 4 is 11.6 Å². The van der Waals surface area contributed by atoms with E-state index in [4.69, 9.17) is 9.47 Å². The lowest BCUT2D eigenvalue weighted by molar-refractivity contribution is 0.0770. The van der Waals surface area contributed by atoms with Crippen LogP contribution in [0.2, 0.25) is 0 Å². The molecule has 0 saturated carbocycles. The number of methoxy groups -OCH3 is 1. The van der Waals surface area contributed by atoms with E-state index in [1.165, 1.54) is 18.7 Å². The van der Waals surface area contributed by atoms with Gasteiger partial charge >= 0.3 is 5.69 Å². The number of pyridine rings is 1. The van der Waals surface area contributed by atoms with Crippen LogP contribution < -0.4 is 20.1 Å². The lowest BCUT2D eigenvalue weighted by Crippen LogP contribution is -2.33.